The number of benzene rings is 1. The molecule has 0 heterocycles. The van der Waals surface area contributed by atoms with Crippen LogP contribution in [0.15, 0.2) is 24.3 Å². The van der Waals surface area contributed by atoms with Gasteiger partial charge in [0.25, 0.3) is 0 Å². The van der Waals surface area contributed by atoms with E-state index in [-0.39, 0.29) is 12.4 Å². The molecule has 0 unspecified atom stereocenters. The lowest BCUT2D eigenvalue weighted by Crippen LogP contribution is -2.37. The minimum Gasteiger partial charge on any atom is -0.444 e. The zero-order valence-electron chi connectivity index (χ0n) is 10.9. The molecule has 1 aromatic rings. The van der Waals surface area contributed by atoms with Gasteiger partial charge < -0.3 is 15.8 Å². The molecule has 0 saturated carbocycles. The van der Waals surface area contributed by atoms with Crippen LogP contribution in [0.2, 0.25) is 0 Å². The topological polar surface area (TPSA) is 64.3 Å². The Morgan fingerprint density at radius 1 is 1.50 bits per heavy atom. The number of halogens is 1. The highest BCUT2D eigenvalue weighted by molar-refractivity contribution is 5.68. The van der Waals surface area contributed by atoms with Crippen molar-refractivity contribution in [2.24, 2.45) is 5.73 Å². The first-order valence-electron chi connectivity index (χ1n) is 5.77. The number of carbonyl (C=O) groups excluding carboxylic acids is 1. The van der Waals surface area contributed by atoms with E-state index in [1.165, 1.54) is 12.1 Å². The van der Waals surface area contributed by atoms with E-state index in [9.17, 15) is 9.18 Å². The number of ether oxygens (including phenoxy) is 1. The number of hydrogen-bond donors (Lipinski definition) is 2. The number of nitrogens with two attached hydrogens (primary N) is 1. The molecule has 0 aliphatic rings. The fourth-order valence-electron chi connectivity index (χ4n) is 1.45. The molecule has 0 aliphatic heterocycles. The normalized spacial score (nSPS) is 12.9. The maximum Gasteiger partial charge on any atom is 0.408 e. The van der Waals surface area contributed by atoms with Crippen LogP contribution >= 0.6 is 0 Å². The number of nitrogens with one attached hydrogen (secondary N) is 1. The summed E-state index contributed by atoms with van der Waals surface area (Å²) < 4.78 is 18.2. The van der Waals surface area contributed by atoms with Crippen molar-refractivity contribution in [3.8, 4) is 0 Å². The first kappa shape index (κ1) is 14.4. The average molecular weight is 254 g/mol. The molecular weight excluding hydrogens is 235 g/mol. The van der Waals surface area contributed by atoms with E-state index in [0.717, 1.165) is 0 Å². The Morgan fingerprint density at radius 2 is 2.17 bits per heavy atom. The van der Waals surface area contributed by atoms with Crippen molar-refractivity contribution in [2.75, 3.05) is 6.54 Å². The van der Waals surface area contributed by atoms with E-state index in [4.69, 9.17) is 10.5 Å². The SMILES string of the molecule is CC(C)(C)OC(=O)N[C@@H](CN)c1cccc(F)c1. The second-order valence-electron chi connectivity index (χ2n) is 4.99. The van der Waals surface area contributed by atoms with Gasteiger partial charge in [-0.3, -0.25) is 0 Å². The van der Waals surface area contributed by atoms with Gasteiger partial charge in [0.15, 0.2) is 0 Å². The average Bonchev–Trinajstić information content (AvgIpc) is 2.23. The van der Waals surface area contributed by atoms with Crippen LogP contribution in [-0.2, 0) is 4.74 Å². The number of alkyl carbamates (subject to hydrolysis) is 1. The van der Waals surface area contributed by atoms with Crippen LogP contribution in [0.5, 0.6) is 0 Å². The monoisotopic (exact) mass is 254 g/mol. The molecule has 0 aromatic heterocycles. The maximum atomic E-state index is 13.1. The van der Waals surface area contributed by atoms with Crippen LogP contribution < -0.4 is 11.1 Å². The lowest BCUT2D eigenvalue weighted by atomic mass is 10.1. The Bertz CT molecular complexity index is 416. The molecule has 1 amide bonds. The molecule has 1 aromatic carbocycles. The molecule has 1 rings (SSSR count). The van der Waals surface area contributed by atoms with Crippen LogP contribution in [0.1, 0.15) is 32.4 Å². The Morgan fingerprint density at radius 3 is 2.67 bits per heavy atom. The Balaban J connectivity index is 2.71. The summed E-state index contributed by atoms with van der Waals surface area (Å²) in [7, 11) is 0. The zero-order chi connectivity index (χ0) is 13.8. The summed E-state index contributed by atoms with van der Waals surface area (Å²) in [6, 6.07) is 5.50. The minimum atomic E-state index is -0.578. The van der Waals surface area contributed by atoms with Crippen molar-refractivity contribution in [1.82, 2.24) is 5.32 Å². The summed E-state index contributed by atoms with van der Waals surface area (Å²) in [5.74, 6) is -0.364. The van der Waals surface area contributed by atoms with Crippen LogP contribution in [0, 0.1) is 5.82 Å². The van der Waals surface area contributed by atoms with Crippen molar-refractivity contribution in [3.05, 3.63) is 35.6 Å². The summed E-state index contributed by atoms with van der Waals surface area (Å²) in [5.41, 5.74) is 5.61. The Hall–Kier alpha value is -1.62. The molecule has 18 heavy (non-hydrogen) atoms. The summed E-state index contributed by atoms with van der Waals surface area (Å²) >= 11 is 0. The van der Waals surface area contributed by atoms with Gasteiger partial charge >= 0.3 is 6.09 Å². The minimum absolute atomic E-state index is 0.169. The number of amides is 1. The fraction of sp³-hybridized carbons (Fsp3) is 0.462. The summed E-state index contributed by atoms with van der Waals surface area (Å²) in [5, 5.41) is 2.61. The van der Waals surface area contributed by atoms with Gasteiger partial charge in [-0.05, 0) is 38.5 Å². The lowest BCUT2D eigenvalue weighted by Gasteiger charge is -2.23. The van der Waals surface area contributed by atoms with E-state index in [1.54, 1.807) is 32.9 Å². The van der Waals surface area contributed by atoms with Gasteiger partial charge in [-0.2, -0.15) is 0 Å². The number of hydrogen-bond acceptors (Lipinski definition) is 3. The van der Waals surface area contributed by atoms with Gasteiger partial charge in [-0.25, -0.2) is 9.18 Å². The summed E-state index contributed by atoms with van der Waals surface area (Å²) in [4.78, 5) is 11.6. The van der Waals surface area contributed by atoms with E-state index in [2.05, 4.69) is 5.32 Å². The molecule has 0 aliphatic carbocycles. The van der Waals surface area contributed by atoms with E-state index in [0.29, 0.717) is 5.56 Å². The molecule has 0 fully saturated rings. The smallest absolute Gasteiger partial charge is 0.408 e. The first-order valence-corrected chi connectivity index (χ1v) is 5.77. The molecule has 0 bridgehead atoms. The molecule has 4 nitrogen and oxygen atoms in total. The summed E-state index contributed by atoms with van der Waals surface area (Å²) in [6.07, 6.45) is -0.567. The van der Waals surface area contributed by atoms with E-state index < -0.39 is 17.7 Å². The highest BCUT2D eigenvalue weighted by Gasteiger charge is 2.19. The highest BCUT2D eigenvalue weighted by atomic mass is 19.1. The number of carbonyl (C=O) groups is 1. The molecule has 0 saturated heterocycles. The van der Waals surface area contributed by atoms with Crippen molar-refractivity contribution < 1.29 is 13.9 Å². The Kier molecular flexibility index (Phi) is 4.67. The van der Waals surface area contributed by atoms with Crippen LogP contribution in [0.4, 0.5) is 9.18 Å². The van der Waals surface area contributed by atoms with Crippen molar-refractivity contribution in [2.45, 2.75) is 32.4 Å². The molecule has 5 heteroatoms. The predicted octanol–water partition coefficient (Wildman–Crippen LogP) is 2.35. The molecular formula is C13H19FN2O2. The zero-order valence-corrected chi connectivity index (χ0v) is 10.9. The van der Waals surface area contributed by atoms with Gasteiger partial charge in [0.1, 0.15) is 11.4 Å². The lowest BCUT2D eigenvalue weighted by molar-refractivity contribution is 0.0505. The van der Waals surface area contributed by atoms with Crippen LogP contribution in [0.25, 0.3) is 0 Å². The molecule has 3 N–H and O–H groups in total. The third-order valence-corrected chi connectivity index (χ3v) is 2.18. The van der Waals surface area contributed by atoms with Crippen molar-refractivity contribution in [1.29, 1.82) is 0 Å². The molecule has 0 spiro atoms. The second kappa shape index (κ2) is 5.82. The summed E-state index contributed by atoms with van der Waals surface area (Å²) in [6.45, 7) is 5.48. The quantitative estimate of drug-likeness (QED) is 0.870. The van der Waals surface area contributed by atoms with Gasteiger partial charge in [0.2, 0.25) is 0 Å². The van der Waals surface area contributed by atoms with Gasteiger partial charge in [0, 0.05) is 6.54 Å². The fourth-order valence-corrected chi connectivity index (χ4v) is 1.45. The maximum absolute atomic E-state index is 13.1. The van der Waals surface area contributed by atoms with Gasteiger partial charge in [0.05, 0.1) is 6.04 Å². The van der Waals surface area contributed by atoms with E-state index >= 15 is 0 Å². The number of rotatable bonds is 3. The largest absolute Gasteiger partial charge is 0.444 e. The van der Waals surface area contributed by atoms with Crippen LogP contribution in [-0.4, -0.2) is 18.2 Å². The van der Waals surface area contributed by atoms with Crippen molar-refractivity contribution in [3.63, 3.8) is 0 Å². The third kappa shape index (κ3) is 4.71. The van der Waals surface area contributed by atoms with Gasteiger partial charge in [-0.1, -0.05) is 12.1 Å². The molecule has 100 valence electrons. The third-order valence-electron chi connectivity index (χ3n) is 2.18. The first-order chi connectivity index (χ1) is 8.31. The van der Waals surface area contributed by atoms with Gasteiger partial charge in [-0.15, -0.1) is 0 Å². The van der Waals surface area contributed by atoms with Crippen molar-refractivity contribution >= 4 is 6.09 Å². The second-order valence-corrected chi connectivity index (χ2v) is 4.99. The van der Waals surface area contributed by atoms with Crippen LogP contribution in [0.3, 0.4) is 0 Å². The Labute approximate surface area is 106 Å². The van der Waals surface area contributed by atoms with E-state index in [1.807, 2.05) is 0 Å². The molecule has 1 atom stereocenters. The molecule has 0 radical (unpaired) electrons. The standard InChI is InChI=1S/C13H19FN2O2/c1-13(2,3)18-12(17)16-11(8-15)9-5-4-6-10(14)7-9/h4-7,11H,8,15H2,1-3H3,(H,16,17)/t11-/m0/s1. The predicted molar refractivity (Wildman–Crippen MR) is 67.6 cm³/mol. The highest BCUT2D eigenvalue weighted by Crippen LogP contribution is 2.14.